The van der Waals surface area contributed by atoms with Crippen LogP contribution in [0, 0.1) is 40.9 Å². The molecule has 142 valence electrons. The van der Waals surface area contributed by atoms with Crippen LogP contribution >= 0.6 is 22.6 Å². The van der Waals surface area contributed by atoms with Crippen molar-refractivity contribution >= 4 is 22.6 Å². The van der Waals surface area contributed by atoms with Crippen molar-refractivity contribution in [2.24, 2.45) is 40.9 Å². The first-order valence-corrected chi connectivity index (χ1v) is 12.4. The molecule has 6 atom stereocenters. The van der Waals surface area contributed by atoms with Crippen LogP contribution in [0.25, 0.3) is 0 Å². The van der Waals surface area contributed by atoms with Gasteiger partial charge in [-0.2, -0.15) is 0 Å². The summed E-state index contributed by atoms with van der Waals surface area (Å²) in [6.07, 6.45) is 22.0. The molecule has 1 heteroatoms. The SMILES string of the molecule is CC1(C)C2=C(CCC(C3CCCC4C=CCCC43)C2)C2CC=C(I)CC21. The predicted octanol–water partition coefficient (Wildman–Crippen LogP) is 7.85. The largest absolute Gasteiger partial charge is 0.0882 e. The van der Waals surface area contributed by atoms with Crippen molar-refractivity contribution in [2.45, 2.75) is 78.1 Å². The minimum atomic E-state index is 0.448. The Morgan fingerprint density at radius 3 is 2.81 bits per heavy atom. The van der Waals surface area contributed by atoms with E-state index in [4.69, 9.17) is 0 Å². The maximum Gasteiger partial charge on any atom is -0.0104 e. The van der Waals surface area contributed by atoms with Crippen LogP contribution in [0.15, 0.2) is 33.0 Å². The van der Waals surface area contributed by atoms with Crippen molar-refractivity contribution in [1.82, 2.24) is 0 Å². The first-order chi connectivity index (χ1) is 12.6. The summed E-state index contributed by atoms with van der Waals surface area (Å²) in [6, 6.07) is 0. The molecule has 1 saturated carbocycles. The van der Waals surface area contributed by atoms with Gasteiger partial charge in [-0.15, -0.1) is 0 Å². The molecular weight excluding hydrogens is 427 g/mol. The molecule has 0 radical (unpaired) electrons. The summed E-state index contributed by atoms with van der Waals surface area (Å²) in [4.78, 5) is 0. The Labute approximate surface area is 174 Å². The van der Waals surface area contributed by atoms with Crippen LogP contribution in [-0.2, 0) is 0 Å². The zero-order chi connectivity index (χ0) is 17.9. The second-order valence-corrected chi connectivity index (χ2v) is 11.8. The highest BCUT2D eigenvalue weighted by Crippen LogP contribution is 2.62. The summed E-state index contributed by atoms with van der Waals surface area (Å²) >= 11 is 2.60. The summed E-state index contributed by atoms with van der Waals surface area (Å²) in [5.41, 5.74) is 4.30. The zero-order valence-corrected chi connectivity index (χ0v) is 18.8. The third-order valence-corrected chi connectivity index (χ3v) is 10.00. The highest BCUT2D eigenvalue weighted by Gasteiger charge is 2.51. The first-order valence-electron chi connectivity index (χ1n) is 11.3. The maximum atomic E-state index is 2.60. The summed E-state index contributed by atoms with van der Waals surface area (Å²) in [7, 11) is 0. The molecule has 0 heterocycles. The monoisotopic (exact) mass is 462 g/mol. The van der Waals surface area contributed by atoms with Crippen molar-refractivity contribution in [3.63, 3.8) is 0 Å². The normalized spacial score (nSPS) is 44.2. The van der Waals surface area contributed by atoms with Crippen LogP contribution in [0.3, 0.4) is 0 Å². The first kappa shape index (κ1) is 18.0. The van der Waals surface area contributed by atoms with Gasteiger partial charge in [0, 0.05) is 0 Å². The third-order valence-electron chi connectivity index (χ3n) is 9.11. The zero-order valence-electron chi connectivity index (χ0n) is 16.6. The third kappa shape index (κ3) is 2.81. The van der Waals surface area contributed by atoms with E-state index in [1.165, 1.54) is 64.2 Å². The van der Waals surface area contributed by atoms with Gasteiger partial charge in [0.1, 0.15) is 0 Å². The second kappa shape index (κ2) is 6.78. The topological polar surface area (TPSA) is 0 Å². The summed E-state index contributed by atoms with van der Waals surface area (Å²) in [5.74, 6) is 5.71. The molecular formula is C25H35I. The molecule has 5 rings (SSSR count). The number of fused-ring (bicyclic) bond motifs is 3. The van der Waals surface area contributed by atoms with Crippen molar-refractivity contribution in [3.05, 3.63) is 33.0 Å². The average molecular weight is 462 g/mol. The number of rotatable bonds is 1. The molecule has 26 heavy (non-hydrogen) atoms. The molecule has 0 bridgehead atoms. The van der Waals surface area contributed by atoms with Gasteiger partial charge in [-0.1, -0.05) is 49.6 Å². The van der Waals surface area contributed by atoms with Gasteiger partial charge in [-0.3, -0.25) is 0 Å². The van der Waals surface area contributed by atoms with Crippen LogP contribution in [0.1, 0.15) is 78.1 Å². The van der Waals surface area contributed by atoms with Crippen molar-refractivity contribution in [1.29, 1.82) is 0 Å². The Morgan fingerprint density at radius 1 is 1.04 bits per heavy atom. The lowest BCUT2D eigenvalue weighted by atomic mass is 9.60. The lowest BCUT2D eigenvalue weighted by Crippen LogP contribution is -2.35. The maximum absolute atomic E-state index is 2.60. The van der Waals surface area contributed by atoms with E-state index in [9.17, 15) is 0 Å². The Bertz CT molecular complexity index is 664. The Balaban J connectivity index is 1.39. The van der Waals surface area contributed by atoms with Gasteiger partial charge < -0.3 is 0 Å². The fourth-order valence-electron chi connectivity index (χ4n) is 7.81. The number of halogens is 1. The molecule has 0 saturated heterocycles. The lowest BCUT2D eigenvalue weighted by Gasteiger charge is -2.45. The summed E-state index contributed by atoms with van der Waals surface area (Å²) < 4.78 is 1.62. The molecule has 6 unspecified atom stereocenters. The van der Waals surface area contributed by atoms with Gasteiger partial charge >= 0.3 is 0 Å². The van der Waals surface area contributed by atoms with E-state index in [1.54, 1.807) is 3.58 Å². The number of hydrogen-bond donors (Lipinski definition) is 0. The molecule has 0 aliphatic heterocycles. The standard InChI is InChI=1S/C25H35I/c1-25(2)23-14-17(20-9-5-7-16-6-3-4-8-19(16)20)10-12-21(23)22-13-11-18(26)15-24(22)25/h3,6,11,16-17,19-20,22,24H,4-5,7-10,12-15H2,1-2H3. The average Bonchev–Trinajstić information content (AvgIpc) is 2.88. The fraction of sp³-hybridized carbons (Fsp3) is 0.760. The Hall–Kier alpha value is -0.0500. The fourth-order valence-corrected chi connectivity index (χ4v) is 8.54. The summed E-state index contributed by atoms with van der Waals surface area (Å²) in [5, 5.41) is 0. The molecule has 5 aliphatic carbocycles. The number of allylic oxidation sites excluding steroid dienone is 6. The van der Waals surface area contributed by atoms with Crippen molar-refractivity contribution < 1.29 is 0 Å². The van der Waals surface area contributed by atoms with Gasteiger partial charge in [0.05, 0.1) is 0 Å². The molecule has 5 aliphatic rings. The smallest absolute Gasteiger partial charge is 0.0104 e. The van der Waals surface area contributed by atoms with Crippen LogP contribution in [-0.4, -0.2) is 0 Å². The molecule has 0 spiro atoms. The molecule has 0 aromatic heterocycles. The van der Waals surface area contributed by atoms with Crippen LogP contribution in [0.5, 0.6) is 0 Å². The van der Waals surface area contributed by atoms with Gasteiger partial charge in [0.2, 0.25) is 0 Å². The molecule has 1 fully saturated rings. The van der Waals surface area contributed by atoms with Crippen LogP contribution in [0.2, 0.25) is 0 Å². The van der Waals surface area contributed by atoms with E-state index < -0.39 is 0 Å². The van der Waals surface area contributed by atoms with Crippen molar-refractivity contribution in [2.75, 3.05) is 0 Å². The van der Waals surface area contributed by atoms with E-state index in [0.717, 1.165) is 35.5 Å². The summed E-state index contributed by atoms with van der Waals surface area (Å²) in [6.45, 7) is 5.19. The van der Waals surface area contributed by atoms with E-state index >= 15 is 0 Å². The Morgan fingerprint density at radius 2 is 1.92 bits per heavy atom. The Kier molecular flexibility index (Phi) is 4.69. The van der Waals surface area contributed by atoms with E-state index in [2.05, 4.69) is 54.7 Å². The van der Waals surface area contributed by atoms with Crippen LogP contribution in [0.4, 0.5) is 0 Å². The predicted molar refractivity (Wildman–Crippen MR) is 119 cm³/mol. The minimum absolute atomic E-state index is 0.448. The van der Waals surface area contributed by atoms with Gasteiger partial charge in [0.25, 0.3) is 0 Å². The highest BCUT2D eigenvalue weighted by molar-refractivity contribution is 14.1. The number of hydrogen-bond acceptors (Lipinski definition) is 0. The quantitative estimate of drug-likeness (QED) is 0.275. The molecule has 0 aromatic rings. The molecule has 0 nitrogen and oxygen atoms in total. The molecule has 0 N–H and O–H groups in total. The van der Waals surface area contributed by atoms with Gasteiger partial charge in [0.15, 0.2) is 0 Å². The van der Waals surface area contributed by atoms with Gasteiger partial charge in [-0.05, 0) is 125 Å². The van der Waals surface area contributed by atoms with Crippen LogP contribution < -0.4 is 0 Å². The van der Waals surface area contributed by atoms with E-state index in [-0.39, 0.29) is 0 Å². The van der Waals surface area contributed by atoms with E-state index in [0.29, 0.717) is 5.41 Å². The molecule has 0 amide bonds. The highest BCUT2D eigenvalue weighted by atomic mass is 127. The van der Waals surface area contributed by atoms with E-state index in [1.807, 2.05) is 11.1 Å². The van der Waals surface area contributed by atoms with Crippen molar-refractivity contribution in [3.8, 4) is 0 Å². The molecule has 0 aromatic carbocycles. The van der Waals surface area contributed by atoms with Gasteiger partial charge in [-0.25, -0.2) is 0 Å². The minimum Gasteiger partial charge on any atom is -0.0882 e. The second-order valence-electron chi connectivity index (χ2n) is 10.5. The lowest BCUT2D eigenvalue weighted by molar-refractivity contribution is 0.0989.